The van der Waals surface area contributed by atoms with Crippen LogP contribution < -0.4 is 21.5 Å². The van der Waals surface area contributed by atoms with Crippen LogP contribution in [0.25, 0.3) is 0 Å². The van der Waals surface area contributed by atoms with Crippen LogP contribution in [-0.2, 0) is 14.8 Å². The Morgan fingerprint density at radius 3 is 2.60 bits per heavy atom. The van der Waals surface area contributed by atoms with Crippen molar-refractivity contribution >= 4 is 27.3 Å². The summed E-state index contributed by atoms with van der Waals surface area (Å²) in [4.78, 5) is 11.8. The highest BCUT2D eigenvalue weighted by Crippen LogP contribution is 2.23. The highest BCUT2D eigenvalue weighted by atomic mass is 32.2. The topological polar surface area (TPSA) is 127 Å². The summed E-state index contributed by atoms with van der Waals surface area (Å²) in [6.45, 7) is 1.68. The number of nitrogens with two attached hydrogens (primary N) is 2. The van der Waals surface area contributed by atoms with E-state index in [-0.39, 0.29) is 16.8 Å². The molecule has 0 spiro atoms. The van der Waals surface area contributed by atoms with Crippen molar-refractivity contribution in [1.82, 2.24) is 5.32 Å². The molecule has 6 N–H and O–H groups in total. The molecule has 1 aliphatic carbocycles. The number of hydrogen-bond acceptors (Lipinski definition) is 5. The fraction of sp³-hybridized carbons (Fsp3) is 0.417. The number of sulfonamides is 1. The van der Waals surface area contributed by atoms with E-state index in [2.05, 4.69) is 10.6 Å². The van der Waals surface area contributed by atoms with E-state index in [1.54, 1.807) is 6.92 Å². The Hall–Kier alpha value is -1.80. The van der Waals surface area contributed by atoms with Crippen LogP contribution >= 0.6 is 0 Å². The largest absolute Gasteiger partial charge is 0.397 e. The number of nitrogens with one attached hydrogen (secondary N) is 2. The number of rotatable bonds is 5. The van der Waals surface area contributed by atoms with Gasteiger partial charge in [0.2, 0.25) is 15.9 Å². The minimum absolute atomic E-state index is 0.0519. The first-order chi connectivity index (χ1) is 9.27. The van der Waals surface area contributed by atoms with Crippen LogP contribution in [0.15, 0.2) is 23.1 Å². The zero-order valence-electron chi connectivity index (χ0n) is 11.1. The van der Waals surface area contributed by atoms with Gasteiger partial charge in [-0.1, -0.05) is 0 Å². The molecule has 0 heterocycles. The average molecular weight is 298 g/mol. The third kappa shape index (κ3) is 3.61. The van der Waals surface area contributed by atoms with E-state index in [0.29, 0.717) is 11.4 Å². The summed E-state index contributed by atoms with van der Waals surface area (Å²) in [5.74, 6) is -0.145. The van der Waals surface area contributed by atoms with Crippen molar-refractivity contribution in [1.29, 1.82) is 0 Å². The van der Waals surface area contributed by atoms with Gasteiger partial charge in [0.25, 0.3) is 0 Å². The summed E-state index contributed by atoms with van der Waals surface area (Å²) >= 11 is 0. The fourth-order valence-corrected chi connectivity index (χ4v) is 2.23. The summed E-state index contributed by atoms with van der Waals surface area (Å²) in [5, 5.41) is 10.8. The first-order valence-electron chi connectivity index (χ1n) is 6.26. The van der Waals surface area contributed by atoms with Gasteiger partial charge < -0.3 is 16.4 Å². The van der Waals surface area contributed by atoms with Gasteiger partial charge in [-0.25, -0.2) is 13.6 Å². The summed E-state index contributed by atoms with van der Waals surface area (Å²) in [6.07, 6.45) is 2.00. The Bertz CT molecular complexity index is 626. The molecule has 20 heavy (non-hydrogen) atoms. The number of nitrogen functional groups attached to an aromatic ring is 1. The SMILES string of the molecule is CC(Nc1cc(S(N)(=O)=O)ccc1N)C(=O)NC1CC1. The first-order valence-corrected chi connectivity index (χ1v) is 7.81. The van der Waals surface area contributed by atoms with Crippen LogP contribution in [0.4, 0.5) is 11.4 Å². The van der Waals surface area contributed by atoms with E-state index >= 15 is 0 Å². The zero-order valence-corrected chi connectivity index (χ0v) is 11.9. The summed E-state index contributed by atoms with van der Waals surface area (Å²) < 4.78 is 22.6. The van der Waals surface area contributed by atoms with Gasteiger partial charge in [0, 0.05) is 6.04 Å². The lowest BCUT2D eigenvalue weighted by molar-refractivity contribution is -0.121. The minimum atomic E-state index is -3.80. The molecule has 0 bridgehead atoms. The van der Waals surface area contributed by atoms with E-state index in [4.69, 9.17) is 10.9 Å². The zero-order chi connectivity index (χ0) is 14.9. The Balaban J connectivity index is 2.13. The molecule has 1 aliphatic rings. The molecular weight excluding hydrogens is 280 g/mol. The van der Waals surface area contributed by atoms with Crippen LogP contribution in [-0.4, -0.2) is 26.4 Å². The molecular formula is C12H18N4O3S. The van der Waals surface area contributed by atoms with Crippen LogP contribution in [0.2, 0.25) is 0 Å². The first kappa shape index (κ1) is 14.6. The number of hydrogen-bond donors (Lipinski definition) is 4. The molecule has 0 aliphatic heterocycles. The molecule has 7 nitrogen and oxygen atoms in total. The predicted molar refractivity (Wildman–Crippen MR) is 76.5 cm³/mol. The summed E-state index contributed by atoms with van der Waals surface area (Å²) in [6, 6.07) is 3.83. The standard InChI is InChI=1S/C12H18N4O3S/c1-7(12(17)16-8-2-3-8)15-11-6-9(20(14,18)19)4-5-10(11)13/h4-8,15H,2-3,13H2,1H3,(H,16,17)(H2,14,18,19). The van der Waals surface area contributed by atoms with E-state index in [1.807, 2.05) is 0 Å². The third-order valence-corrected chi connectivity index (χ3v) is 3.95. The van der Waals surface area contributed by atoms with E-state index in [9.17, 15) is 13.2 Å². The highest BCUT2D eigenvalue weighted by molar-refractivity contribution is 7.89. The van der Waals surface area contributed by atoms with Crippen LogP contribution in [0.3, 0.4) is 0 Å². The van der Waals surface area contributed by atoms with Gasteiger partial charge >= 0.3 is 0 Å². The van der Waals surface area contributed by atoms with E-state index in [0.717, 1.165) is 12.8 Å². The second-order valence-corrected chi connectivity index (χ2v) is 6.50. The Morgan fingerprint density at radius 1 is 1.40 bits per heavy atom. The molecule has 8 heteroatoms. The molecule has 0 radical (unpaired) electrons. The molecule has 1 saturated carbocycles. The van der Waals surface area contributed by atoms with Crippen molar-refractivity contribution in [2.24, 2.45) is 5.14 Å². The van der Waals surface area contributed by atoms with Crippen molar-refractivity contribution in [2.75, 3.05) is 11.1 Å². The van der Waals surface area contributed by atoms with Gasteiger partial charge in [-0.15, -0.1) is 0 Å². The number of anilines is 2. The average Bonchev–Trinajstić information content (AvgIpc) is 3.14. The van der Waals surface area contributed by atoms with Crippen LogP contribution in [0.5, 0.6) is 0 Å². The molecule has 1 amide bonds. The van der Waals surface area contributed by atoms with E-state index < -0.39 is 16.1 Å². The van der Waals surface area contributed by atoms with Crippen molar-refractivity contribution in [3.05, 3.63) is 18.2 Å². The highest BCUT2D eigenvalue weighted by Gasteiger charge is 2.25. The van der Waals surface area contributed by atoms with Crippen molar-refractivity contribution in [2.45, 2.75) is 36.7 Å². The minimum Gasteiger partial charge on any atom is -0.397 e. The van der Waals surface area contributed by atoms with Gasteiger partial charge in [0.1, 0.15) is 6.04 Å². The quantitative estimate of drug-likeness (QED) is 0.569. The lowest BCUT2D eigenvalue weighted by Gasteiger charge is -2.17. The second-order valence-electron chi connectivity index (χ2n) is 4.94. The van der Waals surface area contributed by atoms with Crippen LogP contribution in [0.1, 0.15) is 19.8 Å². The maximum atomic E-state index is 11.8. The van der Waals surface area contributed by atoms with Crippen molar-refractivity contribution in [3.8, 4) is 0 Å². The van der Waals surface area contributed by atoms with Gasteiger partial charge in [-0.05, 0) is 38.0 Å². The Morgan fingerprint density at radius 2 is 2.05 bits per heavy atom. The molecule has 1 aromatic rings. The summed E-state index contributed by atoms with van der Waals surface area (Å²) in [5.41, 5.74) is 6.49. The van der Waals surface area contributed by atoms with E-state index in [1.165, 1.54) is 18.2 Å². The van der Waals surface area contributed by atoms with Crippen molar-refractivity contribution in [3.63, 3.8) is 0 Å². The molecule has 1 fully saturated rings. The number of primary sulfonamides is 1. The maximum absolute atomic E-state index is 11.8. The lowest BCUT2D eigenvalue weighted by atomic mass is 10.2. The van der Waals surface area contributed by atoms with Crippen molar-refractivity contribution < 1.29 is 13.2 Å². The van der Waals surface area contributed by atoms with Gasteiger partial charge in [-0.2, -0.15) is 0 Å². The summed E-state index contributed by atoms with van der Waals surface area (Å²) in [7, 11) is -3.80. The van der Waals surface area contributed by atoms with Gasteiger partial charge in [0.15, 0.2) is 0 Å². The fourth-order valence-electron chi connectivity index (χ4n) is 1.69. The number of carbonyl (C=O) groups excluding carboxylic acids is 1. The van der Waals surface area contributed by atoms with Gasteiger partial charge in [0.05, 0.1) is 16.3 Å². The predicted octanol–water partition coefficient (Wildman–Crippen LogP) is -0.00480. The normalized spacial score (nSPS) is 16.5. The lowest BCUT2D eigenvalue weighted by Crippen LogP contribution is -2.38. The number of carbonyl (C=O) groups is 1. The monoisotopic (exact) mass is 298 g/mol. The molecule has 1 atom stereocenters. The second kappa shape index (κ2) is 5.29. The van der Waals surface area contributed by atoms with Gasteiger partial charge in [-0.3, -0.25) is 4.79 Å². The number of amides is 1. The van der Waals surface area contributed by atoms with Crippen LogP contribution in [0, 0.1) is 0 Å². The molecule has 2 rings (SSSR count). The number of benzene rings is 1. The Labute approximate surface area is 117 Å². The molecule has 1 unspecified atom stereocenters. The molecule has 0 aromatic heterocycles. The molecule has 1 aromatic carbocycles. The maximum Gasteiger partial charge on any atom is 0.242 e. The Kier molecular flexibility index (Phi) is 3.87. The molecule has 0 saturated heterocycles. The third-order valence-electron chi connectivity index (χ3n) is 3.04. The molecule has 110 valence electrons. The smallest absolute Gasteiger partial charge is 0.242 e.